The van der Waals surface area contributed by atoms with Crippen molar-refractivity contribution >= 4 is 5.97 Å². The molecule has 4 nitrogen and oxygen atoms in total. The van der Waals surface area contributed by atoms with Crippen molar-refractivity contribution in [1.82, 2.24) is 9.80 Å². The summed E-state index contributed by atoms with van der Waals surface area (Å²) in [5, 5.41) is 0. The molecule has 0 N–H and O–H groups in total. The van der Waals surface area contributed by atoms with Crippen LogP contribution in [0.2, 0.25) is 0 Å². The number of hydrogen-bond donors (Lipinski definition) is 0. The van der Waals surface area contributed by atoms with Crippen molar-refractivity contribution in [2.45, 2.75) is 161 Å². The molecule has 1 aliphatic carbocycles. The minimum Gasteiger partial charge on any atom is -0.469 e. The van der Waals surface area contributed by atoms with Crippen molar-refractivity contribution in [2.24, 2.45) is 17.8 Å². The van der Waals surface area contributed by atoms with Crippen molar-refractivity contribution in [3.05, 3.63) is 0 Å². The molecule has 0 aromatic heterocycles. The van der Waals surface area contributed by atoms with E-state index in [1.165, 1.54) is 168 Å². The molecule has 2 atom stereocenters. The molecule has 0 aliphatic heterocycles. The van der Waals surface area contributed by atoms with Crippen molar-refractivity contribution in [3.63, 3.8) is 0 Å². The first-order valence-corrected chi connectivity index (χ1v) is 17.8. The summed E-state index contributed by atoms with van der Waals surface area (Å²) in [5.74, 6) is 2.81. The molecule has 0 aromatic rings. The smallest absolute Gasteiger partial charge is 0.305 e. The lowest BCUT2D eigenvalue weighted by Gasteiger charge is -2.24. The number of esters is 1. The van der Waals surface area contributed by atoms with Gasteiger partial charge in [0.1, 0.15) is 0 Å². The summed E-state index contributed by atoms with van der Waals surface area (Å²) in [5.41, 5.74) is 0. The van der Waals surface area contributed by atoms with Crippen LogP contribution in [0.25, 0.3) is 0 Å². The van der Waals surface area contributed by atoms with Crippen LogP contribution in [0.15, 0.2) is 0 Å². The molecule has 0 aromatic carbocycles. The second-order valence-electron chi connectivity index (χ2n) is 13.9. The maximum absolute atomic E-state index is 11.1. The number of ether oxygens (including phenoxy) is 1. The summed E-state index contributed by atoms with van der Waals surface area (Å²) in [6, 6.07) is 0. The minimum absolute atomic E-state index is 0.0533. The van der Waals surface area contributed by atoms with Gasteiger partial charge >= 0.3 is 5.97 Å². The first-order valence-electron chi connectivity index (χ1n) is 17.8. The van der Waals surface area contributed by atoms with Crippen LogP contribution >= 0.6 is 0 Å². The number of nitrogens with zero attached hydrogens (tertiary/aromatic N) is 2. The number of rotatable bonds is 30. The lowest BCUT2D eigenvalue weighted by atomic mass is 9.99. The summed E-state index contributed by atoms with van der Waals surface area (Å²) < 4.78 is 4.71. The maximum atomic E-state index is 11.1. The van der Waals surface area contributed by atoms with Crippen LogP contribution in [-0.2, 0) is 9.53 Å². The number of methoxy groups -OCH3 is 1. The van der Waals surface area contributed by atoms with Crippen LogP contribution in [0.1, 0.15) is 161 Å². The van der Waals surface area contributed by atoms with E-state index in [2.05, 4.69) is 38.0 Å². The highest BCUT2D eigenvalue weighted by atomic mass is 16.5. The number of unbranched alkanes of at least 4 members (excludes halogenated alkanes) is 18. The molecule has 1 fully saturated rings. The monoisotopic (exact) mass is 565 g/mol. The molecule has 0 heterocycles. The lowest BCUT2D eigenvalue weighted by Crippen LogP contribution is -2.30. The van der Waals surface area contributed by atoms with Crippen molar-refractivity contribution < 1.29 is 9.53 Å². The lowest BCUT2D eigenvalue weighted by molar-refractivity contribution is -0.140. The fraction of sp³-hybridized carbons (Fsp3) is 0.972. The predicted octanol–water partition coefficient (Wildman–Crippen LogP) is 9.90. The van der Waals surface area contributed by atoms with Crippen molar-refractivity contribution in [2.75, 3.05) is 48.4 Å². The second-order valence-corrected chi connectivity index (χ2v) is 13.9. The number of carbonyl (C=O) groups is 1. The molecular formula is C36H72N2O2. The van der Waals surface area contributed by atoms with Gasteiger partial charge in [-0.1, -0.05) is 135 Å². The van der Waals surface area contributed by atoms with Gasteiger partial charge in [-0.2, -0.15) is 0 Å². The van der Waals surface area contributed by atoms with Gasteiger partial charge in [0.05, 0.1) is 7.11 Å². The Labute approximate surface area is 251 Å². The van der Waals surface area contributed by atoms with Crippen LogP contribution in [0.4, 0.5) is 0 Å². The standard InChI is InChI=1S/C36H72N2O2/c1-37(2)31-33(32-38(3)4)26-22-19-17-15-13-11-9-7-6-8-10-12-14-16-18-20-23-27-34-30-35(34)28-24-21-25-29-36(39)40-5/h33-35H,6-32H2,1-5H3. The van der Waals surface area contributed by atoms with Crippen molar-refractivity contribution in [3.8, 4) is 0 Å². The Kier molecular flexibility index (Phi) is 24.4. The van der Waals surface area contributed by atoms with E-state index in [0.717, 1.165) is 24.2 Å². The molecule has 1 saturated carbocycles. The average Bonchev–Trinajstić information content (AvgIpc) is 3.66. The van der Waals surface area contributed by atoms with Gasteiger partial charge in [-0.15, -0.1) is 0 Å². The highest BCUT2D eigenvalue weighted by molar-refractivity contribution is 5.68. The first kappa shape index (κ1) is 37.4. The van der Waals surface area contributed by atoms with E-state index >= 15 is 0 Å². The zero-order valence-electron chi connectivity index (χ0n) is 28.0. The summed E-state index contributed by atoms with van der Waals surface area (Å²) >= 11 is 0. The SMILES string of the molecule is COC(=O)CCCCCC1CC1CCCCCCCCCCCCCCCCCCCC(CN(C)C)CN(C)C. The van der Waals surface area contributed by atoms with Crippen LogP contribution < -0.4 is 0 Å². The normalized spacial score (nSPS) is 16.9. The van der Waals surface area contributed by atoms with Gasteiger partial charge in [0.25, 0.3) is 0 Å². The highest BCUT2D eigenvalue weighted by Gasteiger charge is 2.35. The summed E-state index contributed by atoms with van der Waals surface area (Å²) in [7, 11) is 10.3. The molecule has 0 radical (unpaired) electrons. The fourth-order valence-corrected chi connectivity index (χ4v) is 6.74. The molecule has 0 bridgehead atoms. The van der Waals surface area contributed by atoms with Crippen LogP contribution in [0.5, 0.6) is 0 Å². The predicted molar refractivity (Wildman–Crippen MR) is 175 cm³/mol. The summed E-state index contributed by atoms with van der Waals surface area (Å²) in [4.78, 5) is 15.8. The molecule has 2 unspecified atom stereocenters. The maximum Gasteiger partial charge on any atom is 0.305 e. The van der Waals surface area contributed by atoms with Gasteiger partial charge in [-0.25, -0.2) is 0 Å². The van der Waals surface area contributed by atoms with E-state index in [9.17, 15) is 4.79 Å². The van der Waals surface area contributed by atoms with E-state index in [-0.39, 0.29) is 5.97 Å². The number of carbonyl (C=O) groups excluding carboxylic acids is 1. The third-order valence-corrected chi connectivity index (χ3v) is 9.19. The largest absolute Gasteiger partial charge is 0.469 e. The van der Waals surface area contributed by atoms with Gasteiger partial charge in [-0.05, 0) is 65.2 Å². The molecule has 238 valence electrons. The minimum atomic E-state index is -0.0533. The Balaban J connectivity index is 1.73. The zero-order valence-corrected chi connectivity index (χ0v) is 28.0. The van der Waals surface area contributed by atoms with Gasteiger partial charge in [-0.3, -0.25) is 4.79 Å². The Morgan fingerprint density at radius 1 is 0.575 bits per heavy atom. The summed E-state index contributed by atoms with van der Waals surface area (Å²) in [6.45, 7) is 2.45. The Bertz CT molecular complexity index is 555. The van der Waals surface area contributed by atoms with Gasteiger partial charge in [0.2, 0.25) is 0 Å². The Morgan fingerprint density at radius 2 is 0.925 bits per heavy atom. The molecule has 0 amide bonds. The van der Waals surface area contributed by atoms with Gasteiger partial charge in [0.15, 0.2) is 0 Å². The molecule has 1 rings (SSSR count). The van der Waals surface area contributed by atoms with Crippen LogP contribution in [0, 0.1) is 17.8 Å². The Hall–Kier alpha value is -0.610. The molecular weight excluding hydrogens is 492 g/mol. The highest BCUT2D eigenvalue weighted by Crippen LogP contribution is 2.45. The quantitative estimate of drug-likeness (QED) is 0.0642. The summed E-state index contributed by atoms with van der Waals surface area (Å²) in [6.07, 6.45) is 34.5. The van der Waals surface area contributed by atoms with Crippen molar-refractivity contribution in [1.29, 1.82) is 0 Å². The van der Waals surface area contributed by atoms with Gasteiger partial charge in [0, 0.05) is 19.5 Å². The second kappa shape index (κ2) is 26.1. The van der Waals surface area contributed by atoms with E-state index in [1.807, 2.05) is 0 Å². The first-order chi connectivity index (χ1) is 19.4. The molecule has 0 spiro atoms. The topological polar surface area (TPSA) is 32.8 Å². The molecule has 1 aliphatic rings. The number of hydrogen-bond acceptors (Lipinski definition) is 4. The fourth-order valence-electron chi connectivity index (χ4n) is 6.74. The molecule has 40 heavy (non-hydrogen) atoms. The van der Waals surface area contributed by atoms with Crippen LogP contribution in [-0.4, -0.2) is 64.2 Å². The van der Waals surface area contributed by atoms with Gasteiger partial charge < -0.3 is 14.5 Å². The third kappa shape index (κ3) is 24.0. The molecule has 0 saturated heterocycles. The molecule has 4 heteroatoms. The van der Waals surface area contributed by atoms with E-state index < -0.39 is 0 Å². The van der Waals surface area contributed by atoms with E-state index in [1.54, 1.807) is 0 Å². The van der Waals surface area contributed by atoms with Crippen LogP contribution in [0.3, 0.4) is 0 Å². The average molecular weight is 565 g/mol. The van der Waals surface area contributed by atoms with E-state index in [0.29, 0.717) is 6.42 Å². The Morgan fingerprint density at radius 3 is 1.30 bits per heavy atom. The third-order valence-electron chi connectivity index (χ3n) is 9.19. The van der Waals surface area contributed by atoms with E-state index in [4.69, 9.17) is 4.74 Å². The zero-order chi connectivity index (χ0) is 29.3.